The van der Waals surface area contributed by atoms with Crippen LogP contribution in [0.15, 0.2) is 18.2 Å². The van der Waals surface area contributed by atoms with Gasteiger partial charge >= 0.3 is 0 Å². The zero-order valence-electron chi connectivity index (χ0n) is 9.33. The largest absolute Gasteiger partial charge is 0.491 e. The van der Waals surface area contributed by atoms with Gasteiger partial charge in [0.25, 0.3) is 0 Å². The Hall–Kier alpha value is -0.740. The highest BCUT2D eigenvalue weighted by atomic mass is 32.2. The van der Waals surface area contributed by atoms with Gasteiger partial charge < -0.3 is 10.1 Å². The average molecular weight is 241 g/mol. The van der Waals surface area contributed by atoms with E-state index in [9.17, 15) is 4.39 Å². The van der Waals surface area contributed by atoms with Gasteiger partial charge in [0.2, 0.25) is 0 Å². The third-order valence-corrected chi connectivity index (χ3v) is 3.84. The minimum atomic E-state index is -0.259. The van der Waals surface area contributed by atoms with Crippen LogP contribution < -0.4 is 10.1 Å². The van der Waals surface area contributed by atoms with Gasteiger partial charge in [-0.3, -0.25) is 0 Å². The fraction of sp³-hybridized carbons (Fsp3) is 0.500. The predicted octanol–water partition coefficient (Wildman–Crippen LogP) is 2.60. The maximum Gasteiger partial charge on any atom is 0.165 e. The van der Waals surface area contributed by atoms with Crippen molar-refractivity contribution in [2.75, 3.05) is 25.4 Å². The molecule has 1 unspecified atom stereocenters. The molecule has 0 bridgehead atoms. The van der Waals surface area contributed by atoms with E-state index in [4.69, 9.17) is 4.74 Å². The van der Waals surface area contributed by atoms with Crippen LogP contribution in [0.1, 0.15) is 17.7 Å². The zero-order valence-corrected chi connectivity index (χ0v) is 10.1. The van der Waals surface area contributed by atoms with Crippen molar-refractivity contribution in [2.45, 2.75) is 12.2 Å². The Labute approximate surface area is 99.6 Å². The van der Waals surface area contributed by atoms with Crippen LogP contribution in [0, 0.1) is 5.82 Å². The van der Waals surface area contributed by atoms with Crippen molar-refractivity contribution in [2.24, 2.45) is 0 Å². The van der Waals surface area contributed by atoms with Crippen molar-refractivity contribution in [3.8, 4) is 5.75 Å². The number of benzene rings is 1. The Morgan fingerprint density at radius 3 is 3.06 bits per heavy atom. The molecule has 0 amide bonds. The van der Waals surface area contributed by atoms with E-state index >= 15 is 0 Å². The second kappa shape index (κ2) is 5.55. The molecule has 1 aromatic rings. The lowest BCUT2D eigenvalue weighted by molar-refractivity contribution is 0.321. The second-order valence-electron chi connectivity index (χ2n) is 3.69. The molecular weight excluding hydrogens is 225 g/mol. The summed E-state index contributed by atoms with van der Waals surface area (Å²) < 4.78 is 18.8. The van der Waals surface area contributed by atoms with Crippen LogP contribution in [0.25, 0.3) is 0 Å². The first-order chi connectivity index (χ1) is 7.81. The summed E-state index contributed by atoms with van der Waals surface area (Å²) in [7, 11) is 0. The summed E-state index contributed by atoms with van der Waals surface area (Å²) in [4.78, 5) is 0. The lowest BCUT2D eigenvalue weighted by Gasteiger charge is -2.23. The van der Waals surface area contributed by atoms with Crippen molar-refractivity contribution in [3.05, 3.63) is 29.6 Å². The van der Waals surface area contributed by atoms with Crippen molar-refractivity contribution in [3.63, 3.8) is 0 Å². The van der Waals surface area contributed by atoms with E-state index in [1.165, 1.54) is 0 Å². The number of hydrogen-bond acceptors (Lipinski definition) is 3. The maximum absolute atomic E-state index is 13.6. The molecule has 1 aromatic carbocycles. The van der Waals surface area contributed by atoms with Crippen LogP contribution in [-0.2, 0) is 0 Å². The molecule has 4 heteroatoms. The first kappa shape index (κ1) is 11.7. The Morgan fingerprint density at radius 2 is 2.44 bits per heavy atom. The fourth-order valence-electron chi connectivity index (χ4n) is 1.77. The number of rotatable bonds is 3. The van der Waals surface area contributed by atoms with Crippen molar-refractivity contribution in [1.29, 1.82) is 0 Å². The van der Waals surface area contributed by atoms with Gasteiger partial charge in [-0.15, -0.1) is 0 Å². The van der Waals surface area contributed by atoms with Crippen molar-refractivity contribution >= 4 is 11.8 Å². The van der Waals surface area contributed by atoms with Gasteiger partial charge in [-0.2, -0.15) is 11.8 Å². The van der Waals surface area contributed by atoms with Crippen LogP contribution >= 0.6 is 11.8 Å². The Morgan fingerprint density at radius 1 is 1.56 bits per heavy atom. The Kier molecular flexibility index (Phi) is 4.07. The highest BCUT2D eigenvalue weighted by molar-refractivity contribution is 7.99. The molecular formula is C12H16FNOS. The van der Waals surface area contributed by atoms with Crippen LogP contribution in [-0.4, -0.2) is 25.4 Å². The van der Waals surface area contributed by atoms with Gasteiger partial charge in [-0.25, -0.2) is 4.39 Å². The van der Waals surface area contributed by atoms with E-state index < -0.39 is 0 Å². The van der Waals surface area contributed by atoms with Crippen LogP contribution in [0.4, 0.5) is 4.39 Å². The summed E-state index contributed by atoms with van der Waals surface area (Å²) >= 11 is 1.87. The number of thioether (sulfide) groups is 1. The molecule has 2 rings (SSSR count). The second-order valence-corrected chi connectivity index (χ2v) is 5.00. The minimum Gasteiger partial charge on any atom is -0.491 e. The lowest BCUT2D eigenvalue weighted by atomic mass is 10.1. The molecule has 1 aliphatic rings. The summed E-state index contributed by atoms with van der Waals surface area (Å²) in [5.74, 6) is 1.17. The van der Waals surface area contributed by atoms with Gasteiger partial charge in [0.1, 0.15) is 0 Å². The molecule has 2 nitrogen and oxygen atoms in total. The summed E-state index contributed by atoms with van der Waals surface area (Å²) in [6.45, 7) is 4.31. The third kappa shape index (κ3) is 2.68. The fourth-order valence-corrected chi connectivity index (χ4v) is 2.89. The van der Waals surface area contributed by atoms with E-state index in [1.54, 1.807) is 12.1 Å². The molecule has 1 saturated heterocycles. The predicted molar refractivity (Wildman–Crippen MR) is 65.6 cm³/mol. The highest BCUT2D eigenvalue weighted by Gasteiger charge is 2.17. The van der Waals surface area contributed by atoms with E-state index in [0.29, 0.717) is 17.6 Å². The minimum absolute atomic E-state index is 0.259. The number of nitrogens with one attached hydrogen (secondary N) is 1. The first-order valence-electron chi connectivity index (χ1n) is 5.56. The Bertz CT molecular complexity index is 353. The van der Waals surface area contributed by atoms with Crippen LogP contribution in [0.3, 0.4) is 0 Å². The lowest BCUT2D eigenvalue weighted by Crippen LogP contribution is -2.28. The SMILES string of the molecule is CCOc1ccc(C2CNCCS2)cc1F. The van der Waals surface area contributed by atoms with E-state index in [0.717, 1.165) is 24.4 Å². The van der Waals surface area contributed by atoms with Crippen molar-refractivity contribution < 1.29 is 9.13 Å². The smallest absolute Gasteiger partial charge is 0.165 e. The normalized spacial score (nSPS) is 20.8. The molecule has 16 heavy (non-hydrogen) atoms. The molecule has 1 fully saturated rings. The molecule has 1 atom stereocenters. The summed E-state index contributed by atoms with van der Waals surface area (Å²) in [6, 6.07) is 5.28. The molecule has 1 N–H and O–H groups in total. The highest BCUT2D eigenvalue weighted by Crippen LogP contribution is 2.32. The first-order valence-corrected chi connectivity index (χ1v) is 6.60. The summed E-state index contributed by atoms with van der Waals surface area (Å²) in [5.41, 5.74) is 1.04. The number of halogens is 1. The van der Waals surface area contributed by atoms with E-state index in [-0.39, 0.29) is 5.82 Å². The van der Waals surface area contributed by atoms with E-state index in [1.807, 2.05) is 24.8 Å². The Balaban J connectivity index is 2.13. The molecule has 0 radical (unpaired) electrons. The molecule has 0 aliphatic carbocycles. The summed E-state index contributed by atoms with van der Waals surface area (Å²) in [6.07, 6.45) is 0. The van der Waals surface area contributed by atoms with Crippen LogP contribution in [0.5, 0.6) is 5.75 Å². The van der Waals surface area contributed by atoms with Crippen LogP contribution in [0.2, 0.25) is 0 Å². The maximum atomic E-state index is 13.6. The van der Waals surface area contributed by atoms with Gasteiger partial charge in [-0.1, -0.05) is 6.07 Å². The molecule has 0 saturated carbocycles. The molecule has 88 valence electrons. The molecule has 1 aliphatic heterocycles. The van der Waals surface area contributed by atoms with Gasteiger partial charge in [0.15, 0.2) is 11.6 Å². The number of hydrogen-bond donors (Lipinski definition) is 1. The quantitative estimate of drug-likeness (QED) is 0.879. The number of ether oxygens (including phenoxy) is 1. The average Bonchev–Trinajstić information content (AvgIpc) is 2.33. The van der Waals surface area contributed by atoms with Gasteiger partial charge in [0.05, 0.1) is 6.61 Å². The van der Waals surface area contributed by atoms with Gasteiger partial charge in [0, 0.05) is 24.1 Å². The molecule has 0 aromatic heterocycles. The van der Waals surface area contributed by atoms with E-state index in [2.05, 4.69) is 5.32 Å². The summed E-state index contributed by atoms with van der Waals surface area (Å²) in [5, 5.41) is 3.68. The van der Waals surface area contributed by atoms with Gasteiger partial charge in [-0.05, 0) is 24.6 Å². The van der Waals surface area contributed by atoms with Crippen molar-refractivity contribution in [1.82, 2.24) is 5.32 Å². The zero-order chi connectivity index (χ0) is 11.4. The monoisotopic (exact) mass is 241 g/mol. The third-order valence-electron chi connectivity index (χ3n) is 2.56. The topological polar surface area (TPSA) is 21.3 Å². The molecule has 0 spiro atoms. The standard InChI is InChI=1S/C12H16FNOS/c1-2-15-11-4-3-9(7-10(11)13)12-8-14-5-6-16-12/h3-4,7,12,14H,2,5-6,8H2,1H3. The molecule has 1 heterocycles.